The molecular weight excluding hydrogens is 318 g/mol. The lowest BCUT2D eigenvalue weighted by atomic mass is 10.2. The van der Waals surface area contributed by atoms with Gasteiger partial charge in [0, 0.05) is 24.8 Å². The van der Waals surface area contributed by atoms with E-state index in [4.69, 9.17) is 16.3 Å². The lowest BCUT2D eigenvalue weighted by Crippen LogP contribution is -2.40. The van der Waals surface area contributed by atoms with Crippen LogP contribution in [0, 0.1) is 0 Å². The van der Waals surface area contributed by atoms with Gasteiger partial charge in [-0.15, -0.1) is 0 Å². The van der Waals surface area contributed by atoms with E-state index in [0.29, 0.717) is 22.3 Å². The molecule has 118 valence electrons. The van der Waals surface area contributed by atoms with Crippen LogP contribution in [0.5, 0.6) is 5.75 Å². The first-order valence-corrected chi connectivity index (χ1v) is 7.45. The fraction of sp³-hybridized carbons (Fsp3) is 0.188. The second kappa shape index (κ2) is 6.66. The molecule has 1 N–H and O–H groups in total. The van der Waals surface area contributed by atoms with Crippen molar-refractivity contribution in [1.29, 1.82) is 0 Å². The van der Waals surface area contributed by atoms with E-state index in [2.05, 4.69) is 10.3 Å². The topological polar surface area (TPSA) is 71.5 Å². The van der Waals surface area contributed by atoms with Crippen LogP contribution in [-0.2, 0) is 9.59 Å². The molecule has 1 aliphatic heterocycles. The van der Waals surface area contributed by atoms with Crippen molar-refractivity contribution in [1.82, 2.24) is 4.98 Å². The zero-order chi connectivity index (χ0) is 16.2. The molecule has 2 heterocycles. The molecule has 3 rings (SSSR count). The van der Waals surface area contributed by atoms with E-state index in [1.807, 2.05) is 12.1 Å². The van der Waals surface area contributed by atoms with Crippen LogP contribution in [0.2, 0.25) is 5.15 Å². The second-order valence-electron chi connectivity index (χ2n) is 4.97. The molecule has 0 unspecified atom stereocenters. The predicted octanol–water partition coefficient (Wildman–Crippen LogP) is 2.49. The third-order valence-corrected chi connectivity index (χ3v) is 3.59. The van der Waals surface area contributed by atoms with Crippen LogP contribution in [0.1, 0.15) is 6.42 Å². The highest BCUT2D eigenvalue weighted by atomic mass is 35.5. The van der Waals surface area contributed by atoms with Crippen LogP contribution >= 0.6 is 11.6 Å². The van der Waals surface area contributed by atoms with Crippen LogP contribution in [-0.4, -0.2) is 29.9 Å². The Morgan fingerprint density at radius 1 is 1.35 bits per heavy atom. The van der Waals surface area contributed by atoms with Gasteiger partial charge < -0.3 is 15.0 Å². The predicted molar refractivity (Wildman–Crippen MR) is 86.8 cm³/mol. The monoisotopic (exact) mass is 331 g/mol. The summed E-state index contributed by atoms with van der Waals surface area (Å²) in [5, 5.41) is 3.03. The first-order valence-electron chi connectivity index (χ1n) is 7.07. The summed E-state index contributed by atoms with van der Waals surface area (Å²) in [6.45, 7) is 0.266. The number of fused-ring (bicyclic) bond motifs is 1. The number of halogens is 1. The Morgan fingerprint density at radius 3 is 3.00 bits per heavy atom. The number of carbonyl (C=O) groups excluding carboxylic acids is 2. The summed E-state index contributed by atoms with van der Waals surface area (Å²) >= 11 is 5.77. The van der Waals surface area contributed by atoms with Gasteiger partial charge in [0.1, 0.15) is 10.9 Å². The molecule has 23 heavy (non-hydrogen) atoms. The molecule has 0 atom stereocenters. The Labute approximate surface area is 138 Å². The van der Waals surface area contributed by atoms with Crippen LogP contribution in [0.25, 0.3) is 0 Å². The summed E-state index contributed by atoms with van der Waals surface area (Å²) in [6.07, 6.45) is 1.68. The maximum absolute atomic E-state index is 12.0. The lowest BCUT2D eigenvalue weighted by Gasteiger charge is -2.29. The van der Waals surface area contributed by atoms with E-state index in [0.717, 1.165) is 0 Å². The molecule has 0 bridgehead atoms. The molecule has 0 saturated carbocycles. The number of hydrogen-bond donors (Lipinski definition) is 1. The molecule has 1 aliphatic rings. The van der Waals surface area contributed by atoms with Gasteiger partial charge in [0.15, 0.2) is 6.61 Å². The van der Waals surface area contributed by atoms with E-state index in [1.54, 1.807) is 29.2 Å². The molecule has 6 nitrogen and oxygen atoms in total. The standard InChI is InChI=1S/C16H14ClN3O3/c17-14-9-11(5-7-18-14)19-15(21)6-8-20-12-3-1-2-4-13(12)23-10-16(20)22/h1-5,7,9H,6,8,10H2,(H,18,19,21). The number of ether oxygens (including phenoxy) is 1. The molecule has 0 fully saturated rings. The van der Waals surface area contributed by atoms with E-state index in [-0.39, 0.29) is 31.4 Å². The van der Waals surface area contributed by atoms with Crippen molar-refractivity contribution < 1.29 is 14.3 Å². The summed E-state index contributed by atoms with van der Waals surface area (Å²) in [4.78, 5) is 29.5. The number of aromatic nitrogens is 1. The molecule has 0 aliphatic carbocycles. The first kappa shape index (κ1) is 15.3. The number of nitrogens with zero attached hydrogens (tertiary/aromatic N) is 2. The molecule has 0 spiro atoms. The number of pyridine rings is 1. The molecule has 2 aromatic rings. The van der Waals surface area contributed by atoms with Gasteiger partial charge in [-0.1, -0.05) is 23.7 Å². The quantitative estimate of drug-likeness (QED) is 0.874. The summed E-state index contributed by atoms with van der Waals surface area (Å²) in [6, 6.07) is 10.5. The SMILES string of the molecule is O=C(CCN1C(=O)COc2ccccc21)Nc1ccnc(Cl)c1. The van der Waals surface area contributed by atoms with Gasteiger partial charge in [-0.05, 0) is 24.3 Å². The van der Waals surface area contributed by atoms with Crippen LogP contribution in [0.3, 0.4) is 0 Å². The second-order valence-corrected chi connectivity index (χ2v) is 5.35. The molecular formula is C16H14ClN3O3. The van der Waals surface area contributed by atoms with Crippen LogP contribution in [0.4, 0.5) is 11.4 Å². The van der Waals surface area contributed by atoms with Crippen molar-refractivity contribution in [2.45, 2.75) is 6.42 Å². The van der Waals surface area contributed by atoms with Crippen molar-refractivity contribution in [2.24, 2.45) is 0 Å². The van der Waals surface area contributed by atoms with Crippen molar-refractivity contribution >= 4 is 34.8 Å². The molecule has 1 aromatic heterocycles. The number of benzene rings is 1. The highest BCUT2D eigenvalue weighted by Crippen LogP contribution is 2.31. The minimum Gasteiger partial charge on any atom is -0.482 e. The lowest BCUT2D eigenvalue weighted by molar-refractivity contribution is -0.121. The number of rotatable bonds is 4. The molecule has 0 saturated heterocycles. The third kappa shape index (κ3) is 3.60. The summed E-state index contributed by atoms with van der Waals surface area (Å²) < 4.78 is 5.37. The smallest absolute Gasteiger partial charge is 0.265 e. The highest BCUT2D eigenvalue weighted by molar-refractivity contribution is 6.29. The Morgan fingerprint density at radius 2 is 2.17 bits per heavy atom. The molecule has 0 radical (unpaired) electrons. The van der Waals surface area contributed by atoms with E-state index in [9.17, 15) is 9.59 Å². The maximum atomic E-state index is 12.0. The summed E-state index contributed by atoms with van der Waals surface area (Å²) in [7, 11) is 0. The van der Waals surface area contributed by atoms with Gasteiger partial charge in [0.2, 0.25) is 5.91 Å². The van der Waals surface area contributed by atoms with Gasteiger partial charge in [-0.3, -0.25) is 9.59 Å². The number of anilines is 2. The largest absolute Gasteiger partial charge is 0.482 e. The Bertz CT molecular complexity index is 751. The zero-order valence-corrected chi connectivity index (χ0v) is 12.9. The number of nitrogens with one attached hydrogen (secondary N) is 1. The number of carbonyl (C=O) groups is 2. The normalized spacial score (nSPS) is 13.3. The zero-order valence-electron chi connectivity index (χ0n) is 12.2. The minimum atomic E-state index is -0.205. The van der Waals surface area contributed by atoms with Gasteiger partial charge >= 0.3 is 0 Å². The Kier molecular flexibility index (Phi) is 4.43. The number of amides is 2. The minimum absolute atomic E-state index is 0.0153. The van der Waals surface area contributed by atoms with Gasteiger partial charge in [0.05, 0.1) is 5.69 Å². The summed E-state index contributed by atoms with van der Waals surface area (Å²) in [5.74, 6) is 0.279. The number of hydrogen-bond acceptors (Lipinski definition) is 4. The van der Waals surface area contributed by atoms with Crippen LogP contribution < -0.4 is 15.0 Å². The average Bonchev–Trinajstić information content (AvgIpc) is 2.54. The van der Waals surface area contributed by atoms with Gasteiger partial charge in [-0.2, -0.15) is 0 Å². The average molecular weight is 332 g/mol. The fourth-order valence-electron chi connectivity index (χ4n) is 2.32. The van der Waals surface area contributed by atoms with Gasteiger partial charge in [0.25, 0.3) is 5.91 Å². The van der Waals surface area contributed by atoms with Crippen molar-refractivity contribution in [3.8, 4) is 5.75 Å². The highest BCUT2D eigenvalue weighted by Gasteiger charge is 2.25. The van der Waals surface area contributed by atoms with E-state index >= 15 is 0 Å². The molecule has 7 heteroatoms. The Hall–Kier alpha value is -2.60. The summed E-state index contributed by atoms with van der Waals surface area (Å²) in [5.41, 5.74) is 1.26. The van der Waals surface area contributed by atoms with Crippen molar-refractivity contribution in [3.05, 3.63) is 47.7 Å². The van der Waals surface area contributed by atoms with E-state index < -0.39 is 0 Å². The molecule has 2 amide bonds. The first-order chi connectivity index (χ1) is 11.1. The van der Waals surface area contributed by atoms with Crippen molar-refractivity contribution in [2.75, 3.05) is 23.4 Å². The van der Waals surface area contributed by atoms with Crippen molar-refractivity contribution in [3.63, 3.8) is 0 Å². The van der Waals surface area contributed by atoms with Crippen LogP contribution in [0.15, 0.2) is 42.6 Å². The van der Waals surface area contributed by atoms with E-state index in [1.165, 1.54) is 6.20 Å². The fourth-order valence-corrected chi connectivity index (χ4v) is 2.49. The molecule has 1 aromatic carbocycles. The van der Waals surface area contributed by atoms with Gasteiger partial charge in [-0.25, -0.2) is 4.98 Å². The maximum Gasteiger partial charge on any atom is 0.265 e. The number of para-hydroxylation sites is 2. The third-order valence-electron chi connectivity index (χ3n) is 3.38. The Balaban J connectivity index is 1.64.